The van der Waals surface area contributed by atoms with Gasteiger partial charge in [0.05, 0.1) is 17.6 Å². The van der Waals surface area contributed by atoms with Crippen molar-refractivity contribution in [1.29, 1.82) is 0 Å². The minimum absolute atomic E-state index is 0.152. The number of nitrogens with one attached hydrogen (secondary N) is 1. The van der Waals surface area contributed by atoms with Crippen molar-refractivity contribution in [2.45, 2.75) is 18.9 Å². The Morgan fingerprint density at radius 2 is 1.73 bits per heavy atom. The normalized spacial score (nSPS) is 18.2. The number of aromatic nitrogens is 2. The maximum atomic E-state index is 12.6. The van der Waals surface area contributed by atoms with Crippen LogP contribution in [0.3, 0.4) is 0 Å². The van der Waals surface area contributed by atoms with Crippen LogP contribution in [0.15, 0.2) is 72.8 Å². The van der Waals surface area contributed by atoms with E-state index < -0.39 is 30.5 Å². The van der Waals surface area contributed by atoms with Crippen LogP contribution in [0.5, 0.6) is 5.75 Å². The summed E-state index contributed by atoms with van der Waals surface area (Å²) in [7, 11) is 0. The minimum Gasteiger partial charge on any atom is -0.507 e. The zero-order valence-corrected chi connectivity index (χ0v) is 17.5. The smallest absolute Gasteiger partial charge is 0.251 e. The van der Waals surface area contributed by atoms with Gasteiger partial charge in [0, 0.05) is 12.1 Å². The Labute approximate surface area is 189 Å². The van der Waals surface area contributed by atoms with Gasteiger partial charge in [-0.15, -0.1) is 0 Å². The van der Waals surface area contributed by atoms with Crippen LogP contribution in [0.1, 0.15) is 11.8 Å². The van der Waals surface area contributed by atoms with E-state index in [2.05, 4.69) is 10.3 Å². The summed E-state index contributed by atoms with van der Waals surface area (Å²) in [4.78, 5) is 29.3. The minimum atomic E-state index is -1.21. The molecule has 4 aromatic rings. The Hall–Kier alpha value is -4.01. The summed E-state index contributed by atoms with van der Waals surface area (Å²) >= 11 is 0. The maximum Gasteiger partial charge on any atom is 0.251 e. The van der Waals surface area contributed by atoms with Crippen LogP contribution < -0.4 is 5.32 Å². The summed E-state index contributed by atoms with van der Waals surface area (Å²) in [6, 6.07) is 22.2. The molecule has 2 heterocycles. The molecule has 1 aliphatic heterocycles. The largest absolute Gasteiger partial charge is 0.507 e. The predicted molar refractivity (Wildman–Crippen MR) is 122 cm³/mol. The number of ketones is 2. The molecule has 8 heteroatoms. The van der Waals surface area contributed by atoms with E-state index in [1.807, 2.05) is 48.5 Å². The number of carbonyl (C=O) groups is 2. The van der Waals surface area contributed by atoms with E-state index in [4.69, 9.17) is 4.74 Å². The lowest BCUT2D eigenvalue weighted by Crippen LogP contribution is -2.23. The van der Waals surface area contributed by atoms with E-state index in [0.717, 1.165) is 16.7 Å². The monoisotopic (exact) mass is 443 g/mol. The molecule has 33 heavy (non-hydrogen) atoms. The van der Waals surface area contributed by atoms with Gasteiger partial charge < -0.3 is 20.3 Å². The van der Waals surface area contributed by atoms with E-state index in [9.17, 15) is 19.8 Å². The second-order valence-corrected chi connectivity index (χ2v) is 7.75. The highest BCUT2D eigenvalue weighted by atomic mass is 16.5. The Bertz CT molecular complexity index is 1350. The van der Waals surface area contributed by atoms with Gasteiger partial charge in [-0.25, -0.2) is 4.98 Å². The zero-order valence-electron chi connectivity index (χ0n) is 17.5. The van der Waals surface area contributed by atoms with Gasteiger partial charge in [-0.05, 0) is 29.3 Å². The van der Waals surface area contributed by atoms with Crippen LogP contribution in [0, 0.1) is 0 Å². The number of carbonyl (C=O) groups excluding carboxylic acids is 2. The van der Waals surface area contributed by atoms with Crippen LogP contribution >= 0.6 is 0 Å². The van der Waals surface area contributed by atoms with Crippen molar-refractivity contribution in [2.75, 3.05) is 11.9 Å². The fourth-order valence-electron chi connectivity index (χ4n) is 4.00. The van der Waals surface area contributed by atoms with Crippen LogP contribution in [0.2, 0.25) is 0 Å². The van der Waals surface area contributed by atoms with Crippen molar-refractivity contribution in [2.24, 2.45) is 0 Å². The van der Waals surface area contributed by atoms with Gasteiger partial charge in [0.25, 0.3) is 5.78 Å². The van der Waals surface area contributed by atoms with Crippen LogP contribution in [0.4, 0.5) is 5.95 Å². The quantitative estimate of drug-likeness (QED) is 0.393. The molecule has 3 aromatic carbocycles. The predicted octanol–water partition coefficient (Wildman–Crippen LogP) is 3.05. The summed E-state index contributed by atoms with van der Waals surface area (Å²) in [5, 5.41) is 23.1. The first-order chi connectivity index (χ1) is 16.1. The molecule has 3 N–H and O–H groups in total. The highest BCUT2D eigenvalue weighted by Gasteiger charge is 2.44. The van der Waals surface area contributed by atoms with Crippen LogP contribution in [0.25, 0.3) is 22.2 Å². The van der Waals surface area contributed by atoms with Gasteiger partial charge in [0.1, 0.15) is 11.9 Å². The third kappa shape index (κ3) is 3.75. The number of hydrogen-bond donors (Lipinski definition) is 3. The topological polar surface area (TPSA) is 114 Å². The Balaban J connectivity index is 1.44. The van der Waals surface area contributed by atoms with E-state index in [1.54, 1.807) is 24.3 Å². The van der Waals surface area contributed by atoms with Crippen molar-refractivity contribution >= 4 is 28.5 Å². The standard InChI is InChI=1S/C25H21N3O5/c29-14-21-22(31)23(32)24(33-21)28-19-9-5-4-8-18(19)27-25(28)26-13-15-10-11-17(20(30)12-15)16-6-2-1-3-7-16/h1-12,21,24,29-30H,13-14H2,(H,26,27)/t21-,24?/m1/s1. The molecule has 0 aliphatic carbocycles. The lowest BCUT2D eigenvalue weighted by Gasteiger charge is -2.16. The molecule has 8 nitrogen and oxygen atoms in total. The number of aliphatic hydroxyl groups is 1. The van der Waals surface area contributed by atoms with E-state index in [1.165, 1.54) is 4.57 Å². The fourth-order valence-corrected chi connectivity index (χ4v) is 4.00. The van der Waals surface area contributed by atoms with Crippen molar-refractivity contribution in [3.05, 3.63) is 78.4 Å². The van der Waals surface area contributed by atoms with E-state index in [0.29, 0.717) is 23.5 Å². The van der Waals surface area contributed by atoms with E-state index >= 15 is 0 Å². The first kappa shape index (κ1) is 20.9. The number of aromatic hydroxyl groups is 1. The molecule has 1 saturated heterocycles. The van der Waals surface area contributed by atoms with Gasteiger partial charge in [-0.3, -0.25) is 14.2 Å². The highest BCUT2D eigenvalue weighted by Crippen LogP contribution is 2.32. The summed E-state index contributed by atoms with van der Waals surface area (Å²) in [5.41, 5.74) is 3.68. The summed E-state index contributed by atoms with van der Waals surface area (Å²) in [6.07, 6.45) is -2.39. The van der Waals surface area contributed by atoms with Gasteiger partial charge in [0.2, 0.25) is 18.0 Å². The molecule has 1 aliphatic rings. The lowest BCUT2D eigenvalue weighted by molar-refractivity contribution is -0.136. The molecule has 0 radical (unpaired) electrons. The summed E-state index contributed by atoms with van der Waals surface area (Å²) in [6.45, 7) is -0.256. The highest BCUT2D eigenvalue weighted by molar-refractivity contribution is 6.41. The molecule has 0 amide bonds. The third-order valence-corrected chi connectivity index (χ3v) is 5.65. The Morgan fingerprint density at radius 1 is 0.970 bits per heavy atom. The number of Topliss-reactive ketones (excluding diaryl/α,β-unsaturated/α-hetero) is 2. The number of imidazole rings is 1. The van der Waals surface area contributed by atoms with Gasteiger partial charge in [-0.2, -0.15) is 0 Å². The molecule has 1 aromatic heterocycles. The maximum absolute atomic E-state index is 12.6. The second-order valence-electron chi connectivity index (χ2n) is 7.75. The third-order valence-electron chi connectivity index (χ3n) is 5.65. The molecule has 2 atom stereocenters. The van der Waals surface area contributed by atoms with Crippen molar-refractivity contribution < 1.29 is 24.5 Å². The number of anilines is 1. The number of rotatable bonds is 6. The Morgan fingerprint density at radius 3 is 2.45 bits per heavy atom. The average molecular weight is 443 g/mol. The molecule has 0 spiro atoms. The number of ether oxygens (including phenoxy) is 1. The number of hydrogen-bond acceptors (Lipinski definition) is 7. The molecule has 1 fully saturated rings. The Kier molecular flexibility index (Phi) is 5.37. The van der Waals surface area contributed by atoms with E-state index in [-0.39, 0.29) is 5.75 Å². The average Bonchev–Trinajstić information content (AvgIpc) is 3.34. The summed E-state index contributed by atoms with van der Waals surface area (Å²) < 4.78 is 7.09. The first-order valence-electron chi connectivity index (χ1n) is 10.5. The SMILES string of the molecule is O=C1C(=O)[C@@H](CO)OC1n1c(NCc2ccc(-c3ccccc3)c(O)c2)nc2ccccc21. The van der Waals surface area contributed by atoms with Crippen molar-refractivity contribution in [1.82, 2.24) is 9.55 Å². The number of benzene rings is 3. The number of nitrogens with zero attached hydrogens (tertiary/aromatic N) is 2. The fraction of sp³-hybridized carbons (Fsp3) is 0.160. The van der Waals surface area contributed by atoms with Crippen molar-refractivity contribution in [3.8, 4) is 16.9 Å². The second kappa shape index (κ2) is 8.50. The summed E-state index contributed by atoms with van der Waals surface area (Å²) in [5.74, 6) is -0.995. The number of phenolic OH excluding ortho intramolecular Hbond substituents is 1. The van der Waals surface area contributed by atoms with Crippen LogP contribution in [-0.2, 0) is 20.9 Å². The van der Waals surface area contributed by atoms with Crippen molar-refractivity contribution in [3.63, 3.8) is 0 Å². The molecule has 0 bridgehead atoms. The number of phenols is 1. The molecule has 1 unspecified atom stereocenters. The van der Waals surface area contributed by atoms with Gasteiger partial charge in [0.15, 0.2) is 0 Å². The van der Waals surface area contributed by atoms with Gasteiger partial charge in [-0.1, -0.05) is 54.6 Å². The number of fused-ring (bicyclic) bond motifs is 1. The van der Waals surface area contributed by atoms with Gasteiger partial charge >= 0.3 is 0 Å². The molecular weight excluding hydrogens is 422 g/mol. The lowest BCUT2D eigenvalue weighted by atomic mass is 10.0. The molecular formula is C25H21N3O5. The van der Waals surface area contributed by atoms with Crippen LogP contribution in [-0.4, -0.2) is 44.0 Å². The molecule has 166 valence electrons. The first-order valence-corrected chi connectivity index (χ1v) is 10.5. The zero-order chi connectivity index (χ0) is 22.9. The number of para-hydroxylation sites is 2. The number of aliphatic hydroxyl groups excluding tert-OH is 1. The molecule has 5 rings (SSSR count). The molecule has 0 saturated carbocycles.